The Morgan fingerprint density at radius 1 is 1.13 bits per heavy atom. The van der Waals surface area contributed by atoms with Crippen molar-refractivity contribution in [3.05, 3.63) is 29.3 Å². The van der Waals surface area contributed by atoms with E-state index in [1.807, 2.05) is 20.8 Å². The second kappa shape index (κ2) is 9.78. The van der Waals surface area contributed by atoms with Gasteiger partial charge in [0.2, 0.25) is 0 Å². The minimum absolute atomic E-state index is 0.0412. The Kier molecular flexibility index (Phi) is 7.83. The number of alkyl halides is 3. The van der Waals surface area contributed by atoms with Crippen molar-refractivity contribution in [3.8, 4) is 0 Å². The summed E-state index contributed by atoms with van der Waals surface area (Å²) in [6, 6.07) is 3.22. The van der Waals surface area contributed by atoms with Crippen molar-refractivity contribution < 1.29 is 32.2 Å². The van der Waals surface area contributed by atoms with Gasteiger partial charge in [-0.15, -0.1) is 0 Å². The maximum atomic E-state index is 13.4. The van der Waals surface area contributed by atoms with Gasteiger partial charge in [0.1, 0.15) is 5.60 Å². The van der Waals surface area contributed by atoms with Gasteiger partial charge in [-0.2, -0.15) is 13.2 Å². The van der Waals surface area contributed by atoms with Crippen molar-refractivity contribution in [1.29, 1.82) is 0 Å². The van der Waals surface area contributed by atoms with Crippen LogP contribution in [0, 0.1) is 5.92 Å². The highest BCUT2D eigenvalue weighted by Gasteiger charge is 2.34. The normalized spacial score (nSPS) is 19.5. The fraction of sp³-hybridized carbons (Fsp3) is 0.636. The number of rotatable bonds is 5. The zero-order valence-electron chi connectivity index (χ0n) is 18.6. The summed E-state index contributed by atoms with van der Waals surface area (Å²) in [5, 5.41) is 2.87. The van der Waals surface area contributed by atoms with Gasteiger partial charge in [0.25, 0.3) is 0 Å². The fourth-order valence-electron chi connectivity index (χ4n) is 3.66. The molecule has 1 aromatic rings. The summed E-state index contributed by atoms with van der Waals surface area (Å²) >= 11 is 0. The van der Waals surface area contributed by atoms with E-state index in [4.69, 9.17) is 4.74 Å². The molecule has 1 amide bonds. The van der Waals surface area contributed by atoms with Crippen LogP contribution in [0.15, 0.2) is 18.2 Å². The standard InChI is InChI=1S/C22H31F3N2O4/c1-21(2,3)31-20(29)27(4)16-9-6-14(7-10-16)13-26-18-12-15(19(28)30-5)8-11-17(18)22(23,24)25/h8,11-12,14,16,26H,6-7,9-10,13H2,1-5H3/t14-,16-. The Balaban J connectivity index is 1.98. The van der Waals surface area contributed by atoms with Gasteiger partial charge in [-0.25, -0.2) is 9.59 Å². The van der Waals surface area contributed by atoms with Crippen molar-refractivity contribution in [2.24, 2.45) is 5.92 Å². The molecule has 1 N–H and O–H groups in total. The SMILES string of the molecule is COC(=O)c1ccc(C(F)(F)F)c(NC[C@H]2CC[C@H](N(C)C(=O)OC(C)(C)C)CC2)c1. The summed E-state index contributed by atoms with van der Waals surface area (Å²) in [7, 11) is 2.89. The number of hydrogen-bond acceptors (Lipinski definition) is 5. The molecule has 0 saturated heterocycles. The van der Waals surface area contributed by atoms with Crippen molar-refractivity contribution in [1.82, 2.24) is 4.90 Å². The van der Waals surface area contributed by atoms with E-state index >= 15 is 0 Å². The summed E-state index contributed by atoms with van der Waals surface area (Å²) in [5.41, 5.74) is -1.47. The molecule has 0 aliphatic heterocycles. The minimum atomic E-state index is -4.54. The average molecular weight is 444 g/mol. The largest absolute Gasteiger partial charge is 0.465 e. The van der Waals surface area contributed by atoms with Gasteiger partial charge in [-0.1, -0.05) is 0 Å². The molecule has 0 radical (unpaired) electrons. The molecule has 6 nitrogen and oxygen atoms in total. The molecular weight excluding hydrogens is 413 g/mol. The molecule has 31 heavy (non-hydrogen) atoms. The molecular formula is C22H31F3N2O4. The Morgan fingerprint density at radius 2 is 1.74 bits per heavy atom. The number of methoxy groups -OCH3 is 1. The molecule has 0 bridgehead atoms. The Morgan fingerprint density at radius 3 is 2.26 bits per heavy atom. The quantitative estimate of drug-likeness (QED) is 0.622. The van der Waals surface area contributed by atoms with Crippen LogP contribution in [-0.2, 0) is 15.7 Å². The number of nitrogens with one attached hydrogen (secondary N) is 1. The first-order chi connectivity index (χ1) is 14.3. The minimum Gasteiger partial charge on any atom is -0.465 e. The van der Waals surface area contributed by atoms with E-state index in [0.717, 1.165) is 37.8 Å². The molecule has 1 fully saturated rings. The number of halogens is 3. The maximum absolute atomic E-state index is 13.4. The van der Waals surface area contributed by atoms with Crippen LogP contribution in [-0.4, -0.2) is 49.3 Å². The van der Waals surface area contributed by atoms with Gasteiger partial charge in [-0.05, 0) is 70.6 Å². The highest BCUT2D eigenvalue weighted by Crippen LogP contribution is 2.36. The number of ether oxygens (including phenoxy) is 2. The number of nitrogens with zero attached hydrogens (tertiary/aromatic N) is 1. The highest BCUT2D eigenvalue weighted by molar-refractivity contribution is 5.90. The van der Waals surface area contributed by atoms with E-state index in [2.05, 4.69) is 10.1 Å². The number of hydrogen-bond donors (Lipinski definition) is 1. The van der Waals surface area contributed by atoms with Crippen LogP contribution in [0.25, 0.3) is 0 Å². The summed E-state index contributed by atoms with van der Waals surface area (Å²) in [5.74, 6) is -0.534. The lowest BCUT2D eigenvalue weighted by atomic mass is 9.85. The molecule has 0 spiro atoms. The van der Waals surface area contributed by atoms with Crippen LogP contribution in [0.4, 0.5) is 23.7 Å². The number of esters is 1. The zero-order valence-corrected chi connectivity index (χ0v) is 18.6. The molecule has 1 aliphatic rings. The van der Waals surface area contributed by atoms with Crippen molar-refractivity contribution in [2.75, 3.05) is 26.0 Å². The summed E-state index contributed by atoms with van der Waals surface area (Å²) in [6.07, 6.45) is -1.88. The molecule has 0 unspecified atom stereocenters. The lowest BCUT2D eigenvalue weighted by molar-refractivity contribution is -0.137. The van der Waals surface area contributed by atoms with E-state index in [0.29, 0.717) is 6.54 Å². The van der Waals surface area contributed by atoms with E-state index < -0.39 is 23.3 Å². The van der Waals surface area contributed by atoms with Gasteiger partial charge >= 0.3 is 18.2 Å². The third-order valence-electron chi connectivity index (χ3n) is 5.37. The number of anilines is 1. The third-order valence-corrected chi connectivity index (χ3v) is 5.37. The highest BCUT2D eigenvalue weighted by atomic mass is 19.4. The number of benzene rings is 1. The van der Waals surface area contributed by atoms with Crippen LogP contribution in [0.3, 0.4) is 0 Å². The Bertz CT molecular complexity index is 782. The molecule has 9 heteroatoms. The first-order valence-corrected chi connectivity index (χ1v) is 10.3. The van der Waals surface area contributed by atoms with Crippen LogP contribution in [0.1, 0.15) is 62.4 Å². The molecule has 1 aromatic carbocycles. The predicted octanol–water partition coefficient (Wildman–Crippen LogP) is 5.33. The van der Waals surface area contributed by atoms with Crippen LogP contribution >= 0.6 is 0 Å². The van der Waals surface area contributed by atoms with E-state index in [-0.39, 0.29) is 29.3 Å². The lowest BCUT2D eigenvalue weighted by Gasteiger charge is -2.35. The molecule has 2 rings (SSSR count). The van der Waals surface area contributed by atoms with Gasteiger partial charge in [-0.3, -0.25) is 0 Å². The average Bonchev–Trinajstić information content (AvgIpc) is 2.69. The molecule has 1 saturated carbocycles. The number of amides is 1. The second-order valence-corrected chi connectivity index (χ2v) is 8.90. The molecule has 0 heterocycles. The van der Waals surface area contributed by atoms with E-state index in [1.165, 1.54) is 13.2 Å². The van der Waals surface area contributed by atoms with Gasteiger partial charge < -0.3 is 19.7 Å². The summed E-state index contributed by atoms with van der Waals surface area (Å²) < 4.78 is 50.1. The third kappa shape index (κ3) is 7.04. The van der Waals surface area contributed by atoms with Gasteiger partial charge in [0, 0.05) is 25.3 Å². The van der Waals surface area contributed by atoms with E-state index in [9.17, 15) is 22.8 Å². The first-order valence-electron chi connectivity index (χ1n) is 10.3. The van der Waals surface area contributed by atoms with Crippen LogP contribution in [0.2, 0.25) is 0 Å². The molecule has 1 aliphatic carbocycles. The lowest BCUT2D eigenvalue weighted by Crippen LogP contribution is -2.42. The van der Waals surface area contributed by atoms with Crippen molar-refractivity contribution >= 4 is 17.7 Å². The second-order valence-electron chi connectivity index (χ2n) is 8.90. The topological polar surface area (TPSA) is 67.9 Å². The monoisotopic (exact) mass is 444 g/mol. The summed E-state index contributed by atoms with van der Waals surface area (Å²) in [6.45, 7) is 5.78. The van der Waals surface area contributed by atoms with Crippen LogP contribution < -0.4 is 5.32 Å². The Labute approximate surface area is 181 Å². The number of carbonyl (C=O) groups excluding carboxylic acids is 2. The fourth-order valence-corrected chi connectivity index (χ4v) is 3.66. The maximum Gasteiger partial charge on any atom is 0.418 e. The van der Waals surface area contributed by atoms with Gasteiger partial charge in [0.05, 0.1) is 18.2 Å². The molecule has 0 atom stereocenters. The zero-order chi connectivity index (χ0) is 23.4. The van der Waals surface area contributed by atoms with E-state index in [1.54, 1.807) is 11.9 Å². The first kappa shape index (κ1) is 24.8. The predicted molar refractivity (Wildman–Crippen MR) is 111 cm³/mol. The smallest absolute Gasteiger partial charge is 0.418 e. The number of carbonyl (C=O) groups is 2. The van der Waals surface area contributed by atoms with Crippen molar-refractivity contribution in [2.45, 2.75) is 64.3 Å². The molecule has 174 valence electrons. The molecule has 0 aromatic heterocycles. The summed E-state index contributed by atoms with van der Waals surface area (Å²) in [4.78, 5) is 25.5. The van der Waals surface area contributed by atoms with Crippen molar-refractivity contribution in [3.63, 3.8) is 0 Å². The van der Waals surface area contributed by atoms with Gasteiger partial charge in [0.15, 0.2) is 0 Å². The van der Waals surface area contributed by atoms with Crippen LogP contribution in [0.5, 0.6) is 0 Å². The Hall–Kier alpha value is -2.45.